The number of carbonyl (C=O) groups is 1. The summed E-state index contributed by atoms with van der Waals surface area (Å²) in [7, 11) is 1.33. The van der Waals surface area contributed by atoms with Crippen molar-refractivity contribution in [2.75, 3.05) is 12.4 Å². The molecule has 114 valence electrons. The molecule has 0 unspecified atom stereocenters. The van der Waals surface area contributed by atoms with Gasteiger partial charge in [0.25, 0.3) is 11.6 Å². The number of hydrogen-bond donors (Lipinski definition) is 1. The lowest BCUT2D eigenvalue weighted by Gasteiger charge is -2.10. The van der Waals surface area contributed by atoms with Crippen molar-refractivity contribution < 1.29 is 18.8 Å². The summed E-state index contributed by atoms with van der Waals surface area (Å²) in [6.07, 6.45) is 0. The van der Waals surface area contributed by atoms with E-state index in [1.165, 1.54) is 31.4 Å². The van der Waals surface area contributed by atoms with E-state index in [1.54, 1.807) is 6.07 Å². The van der Waals surface area contributed by atoms with Gasteiger partial charge < -0.3 is 10.1 Å². The Morgan fingerprint density at radius 2 is 2.05 bits per heavy atom. The van der Waals surface area contributed by atoms with E-state index in [0.29, 0.717) is 4.47 Å². The minimum atomic E-state index is -0.707. The first kappa shape index (κ1) is 15.9. The number of amides is 1. The Labute approximate surface area is 133 Å². The average molecular weight is 369 g/mol. The average Bonchev–Trinajstić information content (AvgIpc) is 2.49. The summed E-state index contributed by atoms with van der Waals surface area (Å²) in [4.78, 5) is 22.4. The standard InChI is InChI=1S/C14H10BrFN2O4/c1-22-13-5-3-9(18(20)21)7-10(13)14(19)17-12-4-2-8(15)6-11(12)16/h2-7H,1H3,(H,17,19). The molecule has 0 bridgehead atoms. The quantitative estimate of drug-likeness (QED) is 0.657. The van der Waals surface area contributed by atoms with E-state index in [0.717, 1.165) is 6.07 Å². The van der Waals surface area contributed by atoms with Crippen molar-refractivity contribution in [3.05, 3.63) is 62.4 Å². The lowest BCUT2D eigenvalue weighted by Crippen LogP contribution is -2.14. The lowest BCUT2D eigenvalue weighted by atomic mass is 10.1. The summed E-state index contributed by atoms with van der Waals surface area (Å²) >= 11 is 3.11. The van der Waals surface area contributed by atoms with Gasteiger partial charge in [-0.3, -0.25) is 14.9 Å². The molecule has 8 heteroatoms. The molecule has 0 fully saturated rings. The Morgan fingerprint density at radius 1 is 1.32 bits per heavy atom. The van der Waals surface area contributed by atoms with Crippen molar-refractivity contribution in [3.8, 4) is 5.75 Å². The normalized spacial score (nSPS) is 10.1. The van der Waals surface area contributed by atoms with Crippen molar-refractivity contribution in [2.45, 2.75) is 0 Å². The minimum Gasteiger partial charge on any atom is -0.496 e. The van der Waals surface area contributed by atoms with E-state index in [1.807, 2.05) is 0 Å². The largest absolute Gasteiger partial charge is 0.496 e. The molecule has 22 heavy (non-hydrogen) atoms. The number of carbonyl (C=O) groups excluding carboxylic acids is 1. The molecule has 0 aliphatic rings. The van der Waals surface area contributed by atoms with Crippen LogP contribution in [0.4, 0.5) is 15.8 Å². The first-order valence-corrected chi connectivity index (χ1v) is 6.80. The van der Waals surface area contributed by atoms with Crippen LogP contribution in [-0.2, 0) is 0 Å². The molecular formula is C14H10BrFN2O4. The van der Waals surface area contributed by atoms with Crippen LogP contribution in [0.15, 0.2) is 40.9 Å². The first-order valence-electron chi connectivity index (χ1n) is 6.01. The maximum Gasteiger partial charge on any atom is 0.270 e. The number of methoxy groups -OCH3 is 1. The molecule has 6 nitrogen and oxygen atoms in total. The second-order valence-corrected chi connectivity index (χ2v) is 5.14. The molecule has 2 aromatic carbocycles. The van der Waals surface area contributed by atoms with Gasteiger partial charge in [-0.2, -0.15) is 0 Å². The highest BCUT2D eigenvalue weighted by molar-refractivity contribution is 9.10. The zero-order chi connectivity index (χ0) is 16.3. The molecule has 0 heterocycles. The third-order valence-electron chi connectivity index (χ3n) is 2.82. The van der Waals surface area contributed by atoms with E-state index in [2.05, 4.69) is 21.2 Å². The van der Waals surface area contributed by atoms with E-state index >= 15 is 0 Å². The number of nitrogens with zero attached hydrogens (tertiary/aromatic N) is 1. The second-order valence-electron chi connectivity index (χ2n) is 4.22. The Morgan fingerprint density at radius 3 is 2.64 bits per heavy atom. The maximum absolute atomic E-state index is 13.7. The van der Waals surface area contributed by atoms with Gasteiger partial charge in [-0.1, -0.05) is 15.9 Å². The Balaban J connectivity index is 2.35. The van der Waals surface area contributed by atoms with Crippen LogP contribution >= 0.6 is 15.9 Å². The molecule has 0 aromatic heterocycles. The van der Waals surface area contributed by atoms with Crippen molar-refractivity contribution in [1.29, 1.82) is 0 Å². The third-order valence-corrected chi connectivity index (χ3v) is 3.31. The number of benzene rings is 2. The number of nitro groups is 1. The molecule has 0 saturated heterocycles. The van der Waals surface area contributed by atoms with Gasteiger partial charge in [0.15, 0.2) is 0 Å². The number of non-ortho nitro benzene ring substituents is 1. The summed E-state index contributed by atoms with van der Waals surface area (Å²) in [6, 6.07) is 7.73. The fourth-order valence-electron chi connectivity index (χ4n) is 1.77. The topological polar surface area (TPSA) is 81.5 Å². The molecule has 1 amide bonds. The molecule has 0 radical (unpaired) electrons. The summed E-state index contributed by atoms with van der Waals surface area (Å²) in [5, 5.41) is 13.2. The molecule has 0 spiro atoms. The third kappa shape index (κ3) is 3.40. The summed E-state index contributed by atoms with van der Waals surface area (Å²) in [6.45, 7) is 0. The van der Waals surface area contributed by atoms with Gasteiger partial charge in [-0.25, -0.2) is 4.39 Å². The highest BCUT2D eigenvalue weighted by Crippen LogP contribution is 2.26. The van der Waals surface area contributed by atoms with Crippen molar-refractivity contribution in [1.82, 2.24) is 0 Å². The zero-order valence-corrected chi connectivity index (χ0v) is 12.9. The molecule has 1 N–H and O–H groups in total. The van der Waals surface area contributed by atoms with Crippen LogP contribution < -0.4 is 10.1 Å². The number of nitrogens with one attached hydrogen (secondary N) is 1. The summed E-state index contributed by atoms with van der Waals surface area (Å²) in [5.41, 5.74) is -0.358. The second kappa shape index (κ2) is 6.52. The van der Waals surface area contributed by atoms with Gasteiger partial charge in [0.2, 0.25) is 0 Å². The zero-order valence-electron chi connectivity index (χ0n) is 11.3. The van der Waals surface area contributed by atoms with Crippen molar-refractivity contribution >= 4 is 33.2 Å². The van der Waals surface area contributed by atoms with Gasteiger partial charge >= 0.3 is 0 Å². The smallest absolute Gasteiger partial charge is 0.270 e. The number of anilines is 1. The molecule has 0 saturated carbocycles. The highest BCUT2D eigenvalue weighted by Gasteiger charge is 2.18. The predicted octanol–water partition coefficient (Wildman–Crippen LogP) is 3.76. The Bertz CT molecular complexity index is 752. The fraction of sp³-hybridized carbons (Fsp3) is 0.0714. The maximum atomic E-state index is 13.7. The number of nitro benzene ring substituents is 1. The van der Waals surface area contributed by atoms with Crippen molar-refractivity contribution in [3.63, 3.8) is 0 Å². The molecule has 0 aliphatic carbocycles. The SMILES string of the molecule is COc1ccc([N+](=O)[O-])cc1C(=O)Nc1ccc(Br)cc1F. The van der Waals surface area contributed by atoms with Gasteiger partial charge in [-0.05, 0) is 24.3 Å². The molecule has 0 atom stereocenters. The van der Waals surface area contributed by atoms with Gasteiger partial charge in [0, 0.05) is 16.6 Å². The van der Waals surface area contributed by atoms with Crippen LogP contribution in [0.2, 0.25) is 0 Å². The highest BCUT2D eigenvalue weighted by atomic mass is 79.9. The molecule has 2 rings (SSSR count). The molecule has 2 aromatic rings. The summed E-state index contributed by atoms with van der Waals surface area (Å²) < 4.78 is 19.3. The van der Waals surface area contributed by atoms with E-state index in [4.69, 9.17) is 4.74 Å². The Kier molecular flexibility index (Phi) is 4.71. The van der Waals surface area contributed by atoms with E-state index in [-0.39, 0.29) is 22.7 Å². The Hall–Kier alpha value is -2.48. The van der Waals surface area contributed by atoms with E-state index in [9.17, 15) is 19.3 Å². The number of halogens is 2. The van der Waals surface area contributed by atoms with Crippen LogP contribution in [-0.4, -0.2) is 17.9 Å². The lowest BCUT2D eigenvalue weighted by molar-refractivity contribution is -0.384. The van der Waals surface area contributed by atoms with Gasteiger partial charge in [0.05, 0.1) is 23.3 Å². The number of rotatable bonds is 4. The molecular weight excluding hydrogens is 359 g/mol. The van der Waals surface area contributed by atoms with Crippen LogP contribution in [0.5, 0.6) is 5.75 Å². The fourth-order valence-corrected chi connectivity index (χ4v) is 2.10. The monoisotopic (exact) mass is 368 g/mol. The molecule has 0 aliphatic heterocycles. The number of hydrogen-bond acceptors (Lipinski definition) is 4. The van der Waals surface area contributed by atoms with Crippen LogP contribution in [0, 0.1) is 15.9 Å². The number of ether oxygens (including phenoxy) is 1. The minimum absolute atomic E-state index is 0.0400. The van der Waals surface area contributed by atoms with Crippen LogP contribution in [0.3, 0.4) is 0 Å². The van der Waals surface area contributed by atoms with Crippen LogP contribution in [0.25, 0.3) is 0 Å². The summed E-state index contributed by atoms with van der Waals surface area (Å²) in [5.74, 6) is -1.19. The predicted molar refractivity (Wildman–Crippen MR) is 81.7 cm³/mol. The van der Waals surface area contributed by atoms with Crippen LogP contribution in [0.1, 0.15) is 10.4 Å². The first-order chi connectivity index (χ1) is 10.4. The van der Waals surface area contributed by atoms with Gasteiger partial charge in [0.1, 0.15) is 11.6 Å². The van der Waals surface area contributed by atoms with E-state index < -0.39 is 16.6 Å². The van der Waals surface area contributed by atoms with Crippen molar-refractivity contribution in [2.24, 2.45) is 0 Å². The van der Waals surface area contributed by atoms with Gasteiger partial charge in [-0.15, -0.1) is 0 Å².